The molecule has 3 aliphatic rings. The molecule has 144 valence electrons. The number of benzene rings is 1. The van der Waals surface area contributed by atoms with Gasteiger partial charge in [0.25, 0.3) is 5.91 Å². The van der Waals surface area contributed by atoms with Crippen LogP contribution in [0.5, 0.6) is 0 Å². The van der Waals surface area contributed by atoms with Crippen molar-refractivity contribution in [1.29, 1.82) is 0 Å². The number of fused-ring (bicyclic) bond motifs is 1. The van der Waals surface area contributed by atoms with Gasteiger partial charge in [-0.1, -0.05) is 12.1 Å². The molecule has 2 fully saturated rings. The van der Waals surface area contributed by atoms with Crippen LogP contribution in [0.1, 0.15) is 41.3 Å². The lowest BCUT2D eigenvalue weighted by Crippen LogP contribution is -2.55. The Bertz CT molecular complexity index is 770. The lowest BCUT2D eigenvalue weighted by atomic mass is 10.0. The fourth-order valence-electron chi connectivity index (χ4n) is 4.44. The minimum Gasteiger partial charge on any atom is -0.337 e. The molecule has 0 aliphatic carbocycles. The van der Waals surface area contributed by atoms with Crippen molar-refractivity contribution in [2.24, 2.45) is 0 Å². The minimum absolute atomic E-state index is 0.0274. The third-order valence-corrected chi connectivity index (χ3v) is 5.94. The van der Waals surface area contributed by atoms with E-state index in [1.54, 1.807) is 4.90 Å². The van der Waals surface area contributed by atoms with Crippen molar-refractivity contribution >= 4 is 17.7 Å². The molecule has 7 heteroatoms. The molecule has 0 spiro atoms. The maximum Gasteiger partial charge on any atom is 0.254 e. The van der Waals surface area contributed by atoms with Gasteiger partial charge in [-0.15, -0.1) is 0 Å². The van der Waals surface area contributed by atoms with Crippen molar-refractivity contribution in [2.45, 2.75) is 38.9 Å². The molecule has 3 heterocycles. The van der Waals surface area contributed by atoms with Crippen LogP contribution < -0.4 is 5.32 Å². The molecule has 7 nitrogen and oxygen atoms in total. The molecule has 0 radical (unpaired) electrons. The smallest absolute Gasteiger partial charge is 0.254 e. The van der Waals surface area contributed by atoms with Gasteiger partial charge in [0.2, 0.25) is 11.8 Å². The molecular formula is C20H26N4O3. The predicted molar refractivity (Wildman–Crippen MR) is 99.9 cm³/mol. The van der Waals surface area contributed by atoms with E-state index in [1.165, 1.54) is 12.5 Å². The number of hydrogen-bond donors (Lipinski definition) is 1. The maximum atomic E-state index is 13.0. The number of hydrogen-bond acceptors (Lipinski definition) is 4. The van der Waals surface area contributed by atoms with Crippen LogP contribution in [0, 0.1) is 0 Å². The van der Waals surface area contributed by atoms with E-state index in [0.717, 1.165) is 37.1 Å². The molecule has 4 rings (SSSR count). The Morgan fingerprint density at radius 2 is 1.74 bits per heavy atom. The van der Waals surface area contributed by atoms with E-state index in [9.17, 15) is 14.4 Å². The Balaban J connectivity index is 1.39. The second-order valence-electron chi connectivity index (χ2n) is 7.53. The van der Waals surface area contributed by atoms with E-state index >= 15 is 0 Å². The first-order chi connectivity index (χ1) is 13.1. The zero-order chi connectivity index (χ0) is 19.0. The summed E-state index contributed by atoms with van der Waals surface area (Å²) in [5, 5.41) is 3.30. The molecule has 27 heavy (non-hydrogen) atoms. The summed E-state index contributed by atoms with van der Waals surface area (Å²) < 4.78 is 0. The van der Waals surface area contributed by atoms with E-state index in [4.69, 9.17) is 0 Å². The number of nitrogens with one attached hydrogen (secondary N) is 1. The average molecular weight is 370 g/mol. The fourth-order valence-corrected chi connectivity index (χ4v) is 4.44. The van der Waals surface area contributed by atoms with Crippen molar-refractivity contribution in [3.05, 3.63) is 34.9 Å². The van der Waals surface area contributed by atoms with Gasteiger partial charge in [0, 0.05) is 58.3 Å². The number of nitrogens with zero attached hydrogens (tertiary/aromatic N) is 3. The second-order valence-corrected chi connectivity index (χ2v) is 7.53. The van der Waals surface area contributed by atoms with Crippen molar-refractivity contribution in [3.8, 4) is 0 Å². The Labute approximate surface area is 159 Å². The van der Waals surface area contributed by atoms with Gasteiger partial charge < -0.3 is 20.0 Å². The molecule has 0 saturated carbocycles. The summed E-state index contributed by atoms with van der Waals surface area (Å²) in [6, 6.07) is 5.57. The first kappa shape index (κ1) is 18.0. The molecule has 3 aliphatic heterocycles. The molecule has 3 amide bonds. The molecule has 2 saturated heterocycles. The summed E-state index contributed by atoms with van der Waals surface area (Å²) in [6.07, 6.45) is 1.61. The summed E-state index contributed by atoms with van der Waals surface area (Å²) in [5.41, 5.74) is 3.07. The van der Waals surface area contributed by atoms with Crippen LogP contribution in [-0.2, 0) is 22.7 Å². The highest BCUT2D eigenvalue weighted by atomic mass is 16.2. The van der Waals surface area contributed by atoms with Crippen LogP contribution in [0.4, 0.5) is 0 Å². The lowest BCUT2D eigenvalue weighted by molar-refractivity contribution is -0.143. The quantitative estimate of drug-likeness (QED) is 0.827. The Morgan fingerprint density at radius 1 is 1.00 bits per heavy atom. The number of likely N-dealkylation sites (tertiary alicyclic amines) is 1. The van der Waals surface area contributed by atoms with E-state index < -0.39 is 0 Å². The van der Waals surface area contributed by atoms with Crippen molar-refractivity contribution in [1.82, 2.24) is 20.0 Å². The van der Waals surface area contributed by atoms with Crippen LogP contribution >= 0.6 is 0 Å². The summed E-state index contributed by atoms with van der Waals surface area (Å²) in [6.45, 7) is 5.86. The van der Waals surface area contributed by atoms with Gasteiger partial charge in [0.05, 0.1) is 0 Å². The SMILES string of the molecule is CC(=O)N1CCCC1C(=O)N1CCN(C(=O)c2cccc3c2CNC3)CC1. The third-order valence-electron chi connectivity index (χ3n) is 5.94. The predicted octanol–water partition coefficient (Wildman–Crippen LogP) is 0.585. The van der Waals surface area contributed by atoms with Crippen LogP contribution in [0.2, 0.25) is 0 Å². The van der Waals surface area contributed by atoms with Gasteiger partial charge in [-0.2, -0.15) is 0 Å². The number of rotatable bonds is 2. The molecule has 0 bridgehead atoms. The van der Waals surface area contributed by atoms with Gasteiger partial charge in [0.1, 0.15) is 6.04 Å². The van der Waals surface area contributed by atoms with Gasteiger partial charge >= 0.3 is 0 Å². The Morgan fingerprint density at radius 3 is 2.48 bits per heavy atom. The molecule has 1 aromatic rings. The third kappa shape index (κ3) is 3.32. The molecular weight excluding hydrogens is 344 g/mol. The molecule has 1 atom stereocenters. The number of carbonyl (C=O) groups is 3. The van der Waals surface area contributed by atoms with Gasteiger partial charge in [-0.25, -0.2) is 0 Å². The number of amides is 3. The fraction of sp³-hybridized carbons (Fsp3) is 0.550. The largest absolute Gasteiger partial charge is 0.337 e. The second kappa shape index (κ2) is 7.31. The highest BCUT2D eigenvalue weighted by Gasteiger charge is 2.36. The Hall–Kier alpha value is -2.41. The monoisotopic (exact) mass is 370 g/mol. The van der Waals surface area contributed by atoms with Gasteiger partial charge in [0.15, 0.2) is 0 Å². The lowest BCUT2D eigenvalue weighted by Gasteiger charge is -2.37. The minimum atomic E-state index is -0.326. The van der Waals surface area contributed by atoms with E-state index in [-0.39, 0.29) is 23.8 Å². The standard InChI is InChI=1S/C20H26N4O3/c1-14(25)24-7-3-6-18(24)20(27)23-10-8-22(9-11-23)19(26)16-5-2-4-15-12-21-13-17(15)16/h2,4-5,18,21H,3,6-13H2,1H3. The van der Waals surface area contributed by atoms with Crippen molar-refractivity contribution in [3.63, 3.8) is 0 Å². The summed E-state index contributed by atoms with van der Waals surface area (Å²) >= 11 is 0. The zero-order valence-electron chi connectivity index (χ0n) is 15.7. The zero-order valence-corrected chi connectivity index (χ0v) is 15.7. The van der Waals surface area contributed by atoms with Gasteiger partial charge in [-0.05, 0) is 30.0 Å². The van der Waals surface area contributed by atoms with Crippen LogP contribution in [0.15, 0.2) is 18.2 Å². The average Bonchev–Trinajstić information content (AvgIpc) is 3.36. The molecule has 1 N–H and O–H groups in total. The number of carbonyl (C=O) groups excluding carboxylic acids is 3. The van der Waals surface area contributed by atoms with Crippen LogP contribution in [-0.4, -0.2) is 71.2 Å². The first-order valence-corrected chi connectivity index (χ1v) is 9.73. The molecule has 0 aromatic heterocycles. The first-order valence-electron chi connectivity index (χ1n) is 9.73. The molecule has 1 aromatic carbocycles. The summed E-state index contributed by atoms with van der Waals surface area (Å²) in [5.74, 6) is 0.0414. The number of piperazine rings is 1. The maximum absolute atomic E-state index is 13.0. The summed E-state index contributed by atoms with van der Waals surface area (Å²) in [7, 11) is 0. The highest BCUT2D eigenvalue weighted by molar-refractivity contribution is 5.96. The van der Waals surface area contributed by atoms with E-state index in [2.05, 4.69) is 11.4 Å². The van der Waals surface area contributed by atoms with Crippen LogP contribution in [0.3, 0.4) is 0 Å². The van der Waals surface area contributed by atoms with Gasteiger partial charge in [-0.3, -0.25) is 14.4 Å². The van der Waals surface area contributed by atoms with Crippen molar-refractivity contribution in [2.75, 3.05) is 32.7 Å². The molecule has 1 unspecified atom stereocenters. The Kier molecular flexibility index (Phi) is 4.86. The van der Waals surface area contributed by atoms with Crippen LogP contribution in [0.25, 0.3) is 0 Å². The summed E-state index contributed by atoms with van der Waals surface area (Å²) in [4.78, 5) is 42.9. The van der Waals surface area contributed by atoms with Crippen molar-refractivity contribution < 1.29 is 14.4 Å². The normalized spacial score (nSPS) is 22.1. The topological polar surface area (TPSA) is 73.0 Å². The van der Waals surface area contributed by atoms with E-state index in [0.29, 0.717) is 32.7 Å². The van der Waals surface area contributed by atoms with E-state index in [1.807, 2.05) is 21.9 Å². The highest BCUT2D eigenvalue weighted by Crippen LogP contribution is 2.23.